The summed E-state index contributed by atoms with van der Waals surface area (Å²) in [7, 11) is 1.61. The summed E-state index contributed by atoms with van der Waals surface area (Å²) < 4.78 is 6.09. The molecule has 0 aromatic heterocycles. The molecule has 1 unspecified atom stereocenters. The van der Waals surface area contributed by atoms with Crippen LogP contribution < -0.4 is 5.32 Å². The van der Waals surface area contributed by atoms with Crippen molar-refractivity contribution in [2.24, 2.45) is 0 Å². The second-order valence-corrected chi connectivity index (χ2v) is 8.26. The van der Waals surface area contributed by atoms with Crippen LogP contribution in [0.1, 0.15) is 21.5 Å². The van der Waals surface area contributed by atoms with Crippen molar-refractivity contribution >= 4 is 11.8 Å². The molecular weight excluding hydrogens is 400 g/mol. The van der Waals surface area contributed by atoms with Crippen LogP contribution in [-0.4, -0.2) is 49.1 Å². The molecule has 0 bridgehead atoms. The average molecular weight is 429 g/mol. The lowest BCUT2D eigenvalue weighted by molar-refractivity contribution is -0.156. The van der Waals surface area contributed by atoms with E-state index in [1.54, 1.807) is 24.1 Å². The van der Waals surface area contributed by atoms with E-state index in [0.29, 0.717) is 25.1 Å². The molecule has 0 aliphatic carbocycles. The first-order valence-corrected chi connectivity index (χ1v) is 10.9. The Morgan fingerprint density at radius 3 is 2.44 bits per heavy atom. The molecule has 0 spiro atoms. The van der Waals surface area contributed by atoms with Gasteiger partial charge >= 0.3 is 0 Å². The first-order chi connectivity index (χ1) is 15.5. The van der Waals surface area contributed by atoms with Crippen molar-refractivity contribution in [2.75, 3.05) is 26.7 Å². The van der Waals surface area contributed by atoms with E-state index in [1.807, 2.05) is 30.3 Å². The number of likely N-dealkylation sites (N-methyl/N-ethyl adjacent to an activating group) is 1. The Bertz CT molecular complexity index is 1100. The van der Waals surface area contributed by atoms with E-state index in [9.17, 15) is 9.59 Å². The Morgan fingerprint density at radius 2 is 1.72 bits per heavy atom. The van der Waals surface area contributed by atoms with E-state index in [4.69, 9.17) is 4.74 Å². The van der Waals surface area contributed by atoms with Gasteiger partial charge in [0.1, 0.15) is 0 Å². The predicted octanol–water partition coefficient (Wildman–Crippen LogP) is 3.86. The highest BCUT2D eigenvalue weighted by atomic mass is 16.5. The zero-order valence-electron chi connectivity index (χ0n) is 18.5. The summed E-state index contributed by atoms with van der Waals surface area (Å²) in [6.07, 6.45) is 0.380. The first kappa shape index (κ1) is 21.8. The summed E-state index contributed by atoms with van der Waals surface area (Å²) in [4.78, 5) is 27.8. The SMILES string of the molecule is CNC(=O)C1(Cc2cccc(-c3ccc(C)cc3)c2)CN(C(=O)c2ccccc2)CCO1. The molecule has 164 valence electrons. The Balaban J connectivity index is 1.61. The van der Waals surface area contributed by atoms with Crippen LogP contribution in [0.15, 0.2) is 78.9 Å². The van der Waals surface area contributed by atoms with Gasteiger partial charge < -0.3 is 15.0 Å². The van der Waals surface area contributed by atoms with Gasteiger partial charge in [0.2, 0.25) is 0 Å². The molecule has 5 nitrogen and oxygen atoms in total. The molecule has 1 fully saturated rings. The second-order valence-electron chi connectivity index (χ2n) is 8.26. The van der Waals surface area contributed by atoms with Gasteiger partial charge in [-0.25, -0.2) is 0 Å². The molecule has 32 heavy (non-hydrogen) atoms. The normalized spacial score (nSPS) is 18.2. The summed E-state index contributed by atoms with van der Waals surface area (Å²) in [6.45, 7) is 3.03. The fraction of sp³-hybridized carbons (Fsp3) is 0.259. The number of aryl methyl sites for hydroxylation is 1. The summed E-state index contributed by atoms with van der Waals surface area (Å²) in [5.74, 6) is -0.306. The lowest BCUT2D eigenvalue weighted by Crippen LogP contribution is -2.61. The van der Waals surface area contributed by atoms with Gasteiger partial charge in [0, 0.05) is 25.6 Å². The molecule has 3 aromatic rings. The van der Waals surface area contributed by atoms with Crippen molar-refractivity contribution < 1.29 is 14.3 Å². The van der Waals surface area contributed by atoms with E-state index in [1.165, 1.54) is 5.56 Å². The quantitative estimate of drug-likeness (QED) is 0.671. The fourth-order valence-corrected chi connectivity index (χ4v) is 4.21. The topological polar surface area (TPSA) is 58.6 Å². The van der Waals surface area contributed by atoms with Crippen molar-refractivity contribution in [3.8, 4) is 11.1 Å². The Kier molecular flexibility index (Phi) is 6.37. The van der Waals surface area contributed by atoms with Crippen molar-refractivity contribution in [3.63, 3.8) is 0 Å². The molecule has 1 atom stereocenters. The summed E-state index contributed by atoms with van der Waals surface area (Å²) in [5.41, 5.74) is 3.88. The molecule has 1 saturated heterocycles. The standard InChI is InChI=1S/C27H28N2O3/c1-20-11-13-22(14-12-20)24-10-6-7-21(17-24)18-27(26(31)28-2)19-29(15-16-32-27)25(30)23-8-4-3-5-9-23/h3-14,17H,15-16,18-19H2,1-2H3,(H,28,31). The molecule has 1 aliphatic heterocycles. The second kappa shape index (κ2) is 9.37. The van der Waals surface area contributed by atoms with E-state index in [2.05, 4.69) is 48.6 Å². The molecule has 4 rings (SSSR count). The van der Waals surface area contributed by atoms with Crippen molar-refractivity contribution in [3.05, 3.63) is 95.6 Å². The molecule has 0 saturated carbocycles. The third-order valence-corrected chi connectivity index (χ3v) is 5.94. The zero-order chi connectivity index (χ0) is 22.6. The molecule has 0 radical (unpaired) electrons. The Hall–Kier alpha value is -3.44. The number of morpholine rings is 1. The fourth-order valence-electron chi connectivity index (χ4n) is 4.21. The van der Waals surface area contributed by atoms with Gasteiger partial charge in [-0.3, -0.25) is 9.59 Å². The minimum atomic E-state index is -1.14. The van der Waals surface area contributed by atoms with Gasteiger partial charge in [-0.1, -0.05) is 72.3 Å². The maximum Gasteiger partial charge on any atom is 0.254 e. The maximum atomic E-state index is 13.1. The molecule has 2 amide bonds. The van der Waals surface area contributed by atoms with Gasteiger partial charge in [0.25, 0.3) is 11.8 Å². The third-order valence-electron chi connectivity index (χ3n) is 5.94. The number of hydrogen-bond acceptors (Lipinski definition) is 3. The van der Waals surface area contributed by atoms with E-state index < -0.39 is 5.60 Å². The molecular formula is C27H28N2O3. The van der Waals surface area contributed by atoms with E-state index >= 15 is 0 Å². The van der Waals surface area contributed by atoms with Crippen LogP contribution in [0, 0.1) is 6.92 Å². The van der Waals surface area contributed by atoms with Crippen LogP contribution in [0.4, 0.5) is 0 Å². The lowest BCUT2D eigenvalue weighted by Gasteiger charge is -2.41. The van der Waals surface area contributed by atoms with E-state index in [0.717, 1.165) is 16.7 Å². The average Bonchev–Trinajstić information content (AvgIpc) is 2.84. The number of hydrogen-bond donors (Lipinski definition) is 1. The van der Waals surface area contributed by atoms with Gasteiger partial charge in [0.15, 0.2) is 5.60 Å². The monoisotopic (exact) mass is 428 g/mol. The van der Waals surface area contributed by atoms with Gasteiger partial charge in [-0.05, 0) is 35.7 Å². The number of amides is 2. The minimum Gasteiger partial charge on any atom is -0.361 e. The molecule has 5 heteroatoms. The molecule has 1 heterocycles. The number of carbonyl (C=O) groups is 2. The summed E-state index contributed by atoms with van der Waals surface area (Å²) in [5, 5.41) is 2.75. The summed E-state index contributed by atoms with van der Waals surface area (Å²) in [6, 6.07) is 25.7. The first-order valence-electron chi connectivity index (χ1n) is 10.9. The third kappa shape index (κ3) is 4.58. The number of nitrogens with zero attached hydrogens (tertiary/aromatic N) is 1. The smallest absolute Gasteiger partial charge is 0.254 e. The largest absolute Gasteiger partial charge is 0.361 e. The van der Waals surface area contributed by atoms with Crippen LogP contribution >= 0.6 is 0 Å². The highest BCUT2D eigenvalue weighted by Gasteiger charge is 2.44. The number of benzene rings is 3. The number of carbonyl (C=O) groups excluding carboxylic acids is 2. The van der Waals surface area contributed by atoms with E-state index in [-0.39, 0.29) is 18.4 Å². The Labute approximate surface area is 189 Å². The molecule has 1 aliphatic rings. The lowest BCUT2D eigenvalue weighted by atomic mass is 9.89. The highest BCUT2D eigenvalue weighted by molar-refractivity contribution is 5.95. The van der Waals surface area contributed by atoms with Crippen LogP contribution in [0.2, 0.25) is 0 Å². The van der Waals surface area contributed by atoms with Crippen molar-refractivity contribution in [1.82, 2.24) is 10.2 Å². The zero-order valence-corrected chi connectivity index (χ0v) is 18.5. The van der Waals surface area contributed by atoms with Crippen LogP contribution in [0.3, 0.4) is 0 Å². The number of rotatable bonds is 5. The predicted molar refractivity (Wildman–Crippen MR) is 125 cm³/mol. The van der Waals surface area contributed by atoms with Gasteiger partial charge in [-0.15, -0.1) is 0 Å². The molecule has 1 N–H and O–H groups in total. The minimum absolute atomic E-state index is 0.0874. The van der Waals surface area contributed by atoms with Crippen LogP contribution in [0.25, 0.3) is 11.1 Å². The highest BCUT2D eigenvalue weighted by Crippen LogP contribution is 2.28. The van der Waals surface area contributed by atoms with Crippen LogP contribution in [0.5, 0.6) is 0 Å². The summed E-state index contributed by atoms with van der Waals surface area (Å²) >= 11 is 0. The molecule has 3 aromatic carbocycles. The van der Waals surface area contributed by atoms with Crippen LogP contribution in [-0.2, 0) is 16.0 Å². The van der Waals surface area contributed by atoms with Crippen molar-refractivity contribution in [1.29, 1.82) is 0 Å². The Morgan fingerprint density at radius 1 is 0.969 bits per heavy atom. The number of nitrogens with one attached hydrogen (secondary N) is 1. The van der Waals surface area contributed by atoms with Crippen molar-refractivity contribution in [2.45, 2.75) is 18.9 Å². The van der Waals surface area contributed by atoms with Gasteiger partial charge in [-0.2, -0.15) is 0 Å². The number of ether oxygens (including phenoxy) is 1. The van der Waals surface area contributed by atoms with Gasteiger partial charge in [0.05, 0.1) is 13.2 Å². The maximum absolute atomic E-state index is 13.1.